The number of methoxy groups -OCH3 is 1. The van der Waals surface area contributed by atoms with Crippen molar-refractivity contribution in [3.63, 3.8) is 0 Å². The lowest BCUT2D eigenvalue weighted by Gasteiger charge is -2.20. The highest BCUT2D eigenvalue weighted by molar-refractivity contribution is 8.26. The molecule has 8 nitrogen and oxygen atoms in total. The van der Waals surface area contributed by atoms with Crippen LogP contribution in [0.2, 0.25) is 0 Å². The summed E-state index contributed by atoms with van der Waals surface area (Å²) in [4.78, 5) is 17.0. The molecule has 3 aromatic rings. The van der Waals surface area contributed by atoms with Crippen LogP contribution in [-0.4, -0.2) is 45.2 Å². The molecule has 0 bridgehead atoms. The number of allylic oxidation sites excluding steroid dienone is 1. The fourth-order valence-electron chi connectivity index (χ4n) is 4.28. The smallest absolute Gasteiger partial charge is 0.283 e. The van der Waals surface area contributed by atoms with Crippen LogP contribution < -0.4 is 9.47 Å². The Morgan fingerprint density at radius 3 is 2.81 bits per heavy atom. The molecule has 1 N–H and O–H groups in total. The summed E-state index contributed by atoms with van der Waals surface area (Å²) in [6.45, 7) is 6.78. The molecule has 0 saturated carbocycles. The molecule has 0 spiro atoms. The number of nitrogens with zero attached hydrogens (tertiary/aromatic N) is 4. The number of para-hydroxylation sites is 1. The Hall–Kier alpha value is -4.11. The predicted octanol–water partition coefficient (Wildman–Crippen LogP) is 5.49. The fraction of sp³-hybridized carbons (Fsp3) is 0.214. The van der Waals surface area contributed by atoms with Gasteiger partial charge >= 0.3 is 0 Å². The molecule has 0 aliphatic carbocycles. The number of rotatable bonds is 9. The van der Waals surface area contributed by atoms with E-state index in [1.807, 2.05) is 61.7 Å². The van der Waals surface area contributed by atoms with E-state index in [4.69, 9.17) is 14.9 Å². The van der Waals surface area contributed by atoms with Gasteiger partial charge in [0.2, 0.25) is 5.17 Å². The lowest BCUT2D eigenvalue weighted by molar-refractivity contribution is -0.114. The molecule has 1 aromatic heterocycles. The molecular formula is C28H27N5O3S. The van der Waals surface area contributed by atoms with Crippen LogP contribution in [0.4, 0.5) is 0 Å². The summed E-state index contributed by atoms with van der Waals surface area (Å²) in [6.07, 6.45) is 7.05. The second-order valence-corrected chi connectivity index (χ2v) is 9.53. The quantitative estimate of drug-likeness (QED) is 0.302. The lowest BCUT2D eigenvalue weighted by Crippen LogP contribution is -2.35. The average Bonchev–Trinajstić information content (AvgIpc) is 3.49. The van der Waals surface area contributed by atoms with E-state index in [2.05, 4.69) is 21.2 Å². The molecule has 188 valence electrons. The van der Waals surface area contributed by atoms with Gasteiger partial charge in [0, 0.05) is 22.7 Å². The summed E-state index contributed by atoms with van der Waals surface area (Å²) >= 11 is 1.34. The van der Waals surface area contributed by atoms with E-state index >= 15 is 0 Å². The number of aliphatic imine (C=N–C) groups is 1. The lowest BCUT2D eigenvalue weighted by atomic mass is 10.1. The van der Waals surface area contributed by atoms with Gasteiger partial charge in [0.05, 0.1) is 19.2 Å². The molecule has 0 radical (unpaired) electrons. The minimum atomic E-state index is -0.427. The highest BCUT2D eigenvalue weighted by Crippen LogP contribution is 2.31. The first-order valence-electron chi connectivity index (χ1n) is 12.0. The summed E-state index contributed by atoms with van der Waals surface area (Å²) in [7, 11) is 1.63. The highest BCUT2D eigenvalue weighted by Gasteiger charge is 2.35. The molecule has 37 heavy (non-hydrogen) atoms. The number of benzene rings is 2. The van der Waals surface area contributed by atoms with Gasteiger partial charge in [0.25, 0.3) is 5.91 Å². The molecule has 9 heteroatoms. The molecule has 2 aliphatic rings. The molecule has 0 fully saturated rings. The van der Waals surface area contributed by atoms with Gasteiger partial charge in [-0.05, 0) is 54.4 Å². The number of carbonyl (C=O) groups excluding carboxylic acids is 1. The summed E-state index contributed by atoms with van der Waals surface area (Å²) < 4.78 is 13.7. The van der Waals surface area contributed by atoms with E-state index in [9.17, 15) is 4.79 Å². The van der Waals surface area contributed by atoms with Gasteiger partial charge in [-0.1, -0.05) is 37.3 Å². The number of hydrazone groups is 1. The van der Waals surface area contributed by atoms with Gasteiger partial charge in [0.1, 0.15) is 11.7 Å². The standard InChI is InChI=1S/C28H27N5O3S/c1-4-8-18-11-12-23(24(15-18)35-3)36-14-13-32-17-19(20-9-6-7-10-22(20)32)16-21-26(29)33-28(30-27(21)34)37-25(5-2)31-33/h4,6-7,9-12,15-17,29H,1,5,8,13-14H2,2-3H3/b21-16+,29-26?. The Balaban J connectivity index is 1.39. The third-order valence-electron chi connectivity index (χ3n) is 6.12. The Kier molecular flexibility index (Phi) is 6.96. The van der Waals surface area contributed by atoms with Crippen molar-refractivity contribution < 1.29 is 14.3 Å². The molecule has 3 heterocycles. The minimum Gasteiger partial charge on any atom is -0.493 e. The fourth-order valence-corrected chi connectivity index (χ4v) is 5.11. The third-order valence-corrected chi connectivity index (χ3v) is 7.17. The van der Waals surface area contributed by atoms with Crippen molar-refractivity contribution in [2.24, 2.45) is 10.1 Å². The predicted molar refractivity (Wildman–Crippen MR) is 150 cm³/mol. The van der Waals surface area contributed by atoms with Crippen LogP contribution in [0.3, 0.4) is 0 Å². The van der Waals surface area contributed by atoms with Gasteiger partial charge in [-0.2, -0.15) is 15.1 Å². The van der Waals surface area contributed by atoms with Crippen molar-refractivity contribution in [3.05, 3.63) is 78.0 Å². The molecule has 0 atom stereocenters. The van der Waals surface area contributed by atoms with Gasteiger partial charge in [-0.25, -0.2) is 0 Å². The maximum absolute atomic E-state index is 12.8. The number of hydrogen-bond acceptors (Lipinski definition) is 6. The van der Waals surface area contributed by atoms with Crippen LogP contribution >= 0.6 is 11.8 Å². The van der Waals surface area contributed by atoms with Crippen LogP contribution in [0, 0.1) is 5.41 Å². The molecule has 0 unspecified atom stereocenters. The van der Waals surface area contributed by atoms with Crippen LogP contribution in [-0.2, 0) is 17.8 Å². The number of carbonyl (C=O) groups is 1. The van der Waals surface area contributed by atoms with Gasteiger partial charge < -0.3 is 14.0 Å². The van der Waals surface area contributed by atoms with Crippen molar-refractivity contribution >= 4 is 50.7 Å². The number of aromatic nitrogens is 1. The number of amidine groups is 2. The van der Waals surface area contributed by atoms with Gasteiger partial charge in [-0.3, -0.25) is 10.2 Å². The number of fused-ring (bicyclic) bond motifs is 2. The topological polar surface area (TPSA) is 92.3 Å². The zero-order chi connectivity index (χ0) is 25.9. The third kappa shape index (κ3) is 4.82. The molecule has 2 aromatic carbocycles. The molecule has 1 amide bonds. The Morgan fingerprint density at radius 2 is 2.03 bits per heavy atom. The van der Waals surface area contributed by atoms with Crippen LogP contribution in [0.5, 0.6) is 11.5 Å². The van der Waals surface area contributed by atoms with Crippen molar-refractivity contribution in [1.82, 2.24) is 9.58 Å². The number of ether oxygens (including phenoxy) is 2. The van der Waals surface area contributed by atoms with Crippen LogP contribution in [0.25, 0.3) is 17.0 Å². The average molecular weight is 514 g/mol. The Morgan fingerprint density at radius 1 is 1.19 bits per heavy atom. The van der Waals surface area contributed by atoms with Crippen molar-refractivity contribution in [3.8, 4) is 11.5 Å². The summed E-state index contributed by atoms with van der Waals surface area (Å²) in [5, 5.41) is 16.7. The summed E-state index contributed by atoms with van der Waals surface area (Å²) in [5.41, 5.74) is 3.17. The Labute approximate surface area is 219 Å². The summed E-state index contributed by atoms with van der Waals surface area (Å²) in [6, 6.07) is 13.9. The van der Waals surface area contributed by atoms with Crippen molar-refractivity contribution in [2.45, 2.75) is 26.3 Å². The monoisotopic (exact) mass is 513 g/mol. The molecule has 2 aliphatic heterocycles. The van der Waals surface area contributed by atoms with E-state index in [0.29, 0.717) is 29.8 Å². The number of nitrogens with one attached hydrogen (secondary N) is 1. The zero-order valence-corrected chi connectivity index (χ0v) is 21.5. The van der Waals surface area contributed by atoms with Crippen LogP contribution in [0.15, 0.2) is 77.0 Å². The van der Waals surface area contributed by atoms with E-state index in [-0.39, 0.29) is 11.4 Å². The maximum Gasteiger partial charge on any atom is 0.283 e. The van der Waals surface area contributed by atoms with E-state index in [0.717, 1.165) is 39.9 Å². The highest BCUT2D eigenvalue weighted by atomic mass is 32.2. The minimum absolute atomic E-state index is 0.0399. The normalized spacial score (nSPS) is 16.2. The largest absolute Gasteiger partial charge is 0.493 e. The maximum atomic E-state index is 12.8. The second kappa shape index (κ2) is 10.5. The Bertz CT molecular complexity index is 1500. The number of thioether (sulfide) groups is 1. The molecular weight excluding hydrogens is 486 g/mol. The van der Waals surface area contributed by atoms with E-state index < -0.39 is 5.91 Å². The first kappa shape index (κ1) is 24.6. The van der Waals surface area contributed by atoms with Crippen LogP contribution in [0.1, 0.15) is 24.5 Å². The van der Waals surface area contributed by atoms with Gasteiger partial charge in [0.15, 0.2) is 17.3 Å². The van der Waals surface area contributed by atoms with Crippen molar-refractivity contribution in [2.75, 3.05) is 13.7 Å². The zero-order valence-electron chi connectivity index (χ0n) is 20.7. The van der Waals surface area contributed by atoms with Gasteiger partial charge in [-0.15, -0.1) is 6.58 Å². The summed E-state index contributed by atoms with van der Waals surface area (Å²) in [5.74, 6) is 0.978. The molecule has 0 saturated heterocycles. The second-order valence-electron chi connectivity index (χ2n) is 8.49. The SMILES string of the molecule is C=CCc1ccc(OCCn2cc(/C=C3\C(=N)N4N=C(CC)SC4=NC3=O)c3ccccc32)c(OC)c1. The van der Waals surface area contributed by atoms with E-state index in [1.54, 1.807) is 13.2 Å². The first-order chi connectivity index (χ1) is 18.0. The number of amides is 1. The van der Waals surface area contributed by atoms with E-state index in [1.165, 1.54) is 16.8 Å². The first-order valence-corrected chi connectivity index (χ1v) is 12.8. The molecule has 5 rings (SSSR count). The van der Waals surface area contributed by atoms with Crippen molar-refractivity contribution in [1.29, 1.82) is 5.41 Å². The number of hydrogen-bond donors (Lipinski definition) is 1.